The van der Waals surface area contributed by atoms with E-state index in [4.69, 9.17) is 4.18 Å². The van der Waals surface area contributed by atoms with Crippen LogP contribution >= 0.6 is 22.6 Å². The largest absolute Gasteiger partial charge is 0.296 e. The number of benzene rings is 1. The fraction of sp³-hybridized carbons (Fsp3) is 0.714. The van der Waals surface area contributed by atoms with Crippen LogP contribution in [0, 0.1) is 3.57 Å². The first kappa shape index (κ1) is 23.9. The average molecular weight is 494 g/mol. The number of halogens is 1. The molecule has 150 valence electrons. The van der Waals surface area contributed by atoms with Crippen molar-refractivity contribution < 1.29 is 12.6 Å². The van der Waals surface area contributed by atoms with Gasteiger partial charge >= 0.3 is 0 Å². The summed E-state index contributed by atoms with van der Waals surface area (Å²) in [4.78, 5) is 0.243. The predicted molar refractivity (Wildman–Crippen MR) is 118 cm³/mol. The van der Waals surface area contributed by atoms with Gasteiger partial charge in [-0.05, 0) is 53.3 Å². The van der Waals surface area contributed by atoms with Gasteiger partial charge in [0.05, 0.1) is 11.5 Å². The van der Waals surface area contributed by atoms with Crippen molar-refractivity contribution in [2.24, 2.45) is 0 Å². The van der Waals surface area contributed by atoms with E-state index in [1.165, 1.54) is 70.6 Å². The van der Waals surface area contributed by atoms with Gasteiger partial charge in [0.15, 0.2) is 0 Å². The molecule has 0 saturated carbocycles. The normalized spacial score (nSPS) is 11.8. The lowest BCUT2D eigenvalue weighted by molar-refractivity contribution is 0.306. The Morgan fingerprint density at radius 3 is 1.62 bits per heavy atom. The second-order valence-electron chi connectivity index (χ2n) is 6.97. The van der Waals surface area contributed by atoms with Crippen molar-refractivity contribution in [1.29, 1.82) is 0 Å². The van der Waals surface area contributed by atoms with Crippen molar-refractivity contribution in [2.45, 2.75) is 95.3 Å². The lowest BCUT2D eigenvalue weighted by Gasteiger charge is -2.06. The van der Waals surface area contributed by atoms with Crippen molar-refractivity contribution >= 4 is 32.7 Å². The summed E-state index contributed by atoms with van der Waals surface area (Å²) in [5, 5.41) is 0. The van der Waals surface area contributed by atoms with Crippen LogP contribution in [0.3, 0.4) is 0 Å². The molecule has 0 spiro atoms. The molecule has 0 aliphatic heterocycles. The Hall–Kier alpha value is -0.140. The first-order valence-corrected chi connectivity index (χ1v) is 12.7. The third-order valence-corrected chi connectivity index (χ3v) is 6.63. The molecular weight excluding hydrogens is 459 g/mol. The van der Waals surface area contributed by atoms with Gasteiger partial charge in [0, 0.05) is 3.57 Å². The first-order chi connectivity index (χ1) is 12.6. The zero-order valence-electron chi connectivity index (χ0n) is 16.2. The number of hydrogen-bond donors (Lipinski definition) is 0. The Kier molecular flexibility index (Phi) is 13.7. The van der Waals surface area contributed by atoms with Crippen molar-refractivity contribution in [3.63, 3.8) is 0 Å². The molecule has 1 aromatic carbocycles. The minimum atomic E-state index is -3.60. The van der Waals surface area contributed by atoms with E-state index in [-0.39, 0.29) is 11.5 Å². The molecule has 0 bridgehead atoms. The van der Waals surface area contributed by atoms with E-state index in [2.05, 4.69) is 29.5 Å². The number of rotatable bonds is 16. The predicted octanol–water partition coefficient (Wildman–Crippen LogP) is 7.09. The average Bonchev–Trinajstić information content (AvgIpc) is 2.62. The van der Waals surface area contributed by atoms with Crippen LogP contribution in [0.4, 0.5) is 0 Å². The van der Waals surface area contributed by atoms with Crippen LogP contribution in [0.25, 0.3) is 0 Å². The highest BCUT2D eigenvalue weighted by molar-refractivity contribution is 14.1. The second-order valence-corrected chi connectivity index (χ2v) is 9.83. The van der Waals surface area contributed by atoms with Crippen molar-refractivity contribution in [3.8, 4) is 0 Å². The Morgan fingerprint density at radius 1 is 0.731 bits per heavy atom. The number of hydrogen-bond acceptors (Lipinski definition) is 3. The van der Waals surface area contributed by atoms with Gasteiger partial charge in [-0.1, -0.05) is 84.0 Å². The van der Waals surface area contributed by atoms with Crippen LogP contribution in [0.2, 0.25) is 0 Å². The smallest absolute Gasteiger partial charge is 0.266 e. The molecule has 3 nitrogen and oxygen atoms in total. The van der Waals surface area contributed by atoms with E-state index < -0.39 is 10.1 Å². The summed E-state index contributed by atoms with van der Waals surface area (Å²) < 4.78 is 30.2. The lowest BCUT2D eigenvalue weighted by atomic mass is 10.0. The van der Waals surface area contributed by atoms with E-state index >= 15 is 0 Å². The maximum absolute atomic E-state index is 12.0. The molecule has 1 aromatic rings. The third kappa shape index (κ3) is 11.5. The van der Waals surface area contributed by atoms with Gasteiger partial charge in [0.25, 0.3) is 10.1 Å². The molecule has 0 N–H and O–H groups in total. The third-order valence-electron chi connectivity index (χ3n) is 4.59. The monoisotopic (exact) mass is 494 g/mol. The quantitative estimate of drug-likeness (QED) is 0.140. The van der Waals surface area contributed by atoms with E-state index in [1.807, 2.05) is 0 Å². The van der Waals surface area contributed by atoms with E-state index in [9.17, 15) is 8.42 Å². The molecule has 0 atom stereocenters. The summed E-state index contributed by atoms with van der Waals surface area (Å²) in [6.45, 7) is 2.54. The van der Waals surface area contributed by atoms with Gasteiger partial charge in [0.2, 0.25) is 0 Å². The molecule has 0 saturated heterocycles. The SMILES string of the molecule is CCCCCCCCCCCCCCCOS(=O)(=O)c1ccc(I)cc1. The summed E-state index contributed by atoms with van der Waals surface area (Å²) in [5.41, 5.74) is 0. The second kappa shape index (κ2) is 14.9. The van der Waals surface area contributed by atoms with Crippen LogP contribution < -0.4 is 0 Å². The lowest BCUT2D eigenvalue weighted by Crippen LogP contribution is -2.07. The Morgan fingerprint density at radius 2 is 1.15 bits per heavy atom. The zero-order valence-corrected chi connectivity index (χ0v) is 19.2. The molecule has 1 rings (SSSR count). The highest BCUT2D eigenvalue weighted by Gasteiger charge is 2.14. The van der Waals surface area contributed by atoms with Crippen LogP contribution in [-0.2, 0) is 14.3 Å². The maximum Gasteiger partial charge on any atom is 0.296 e. The Labute approximate surface area is 174 Å². The fourth-order valence-corrected chi connectivity index (χ4v) is 4.26. The van der Waals surface area contributed by atoms with Crippen LogP contribution in [0.15, 0.2) is 29.2 Å². The van der Waals surface area contributed by atoms with Crippen LogP contribution in [0.1, 0.15) is 90.4 Å². The summed E-state index contributed by atoms with van der Waals surface area (Å²) in [7, 11) is -3.60. The van der Waals surface area contributed by atoms with Gasteiger partial charge in [0.1, 0.15) is 0 Å². The van der Waals surface area contributed by atoms with Crippen molar-refractivity contribution in [1.82, 2.24) is 0 Å². The summed E-state index contributed by atoms with van der Waals surface area (Å²) in [6, 6.07) is 6.76. The maximum atomic E-state index is 12.0. The van der Waals surface area contributed by atoms with Gasteiger partial charge in [-0.3, -0.25) is 4.18 Å². The van der Waals surface area contributed by atoms with Crippen LogP contribution in [0.5, 0.6) is 0 Å². The standard InChI is InChI=1S/C21H35IO3S/c1-2-3-4-5-6-7-8-9-10-11-12-13-14-19-25-26(23,24)21-17-15-20(22)16-18-21/h15-18H,2-14,19H2,1H3. The molecule has 26 heavy (non-hydrogen) atoms. The molecule has 5 heteroatoms. The molecule has 0 fully saturated rings. The topological polar surface area (TPSA) is 43.4 Å². The molecule has 0 aromatic heterocycles. The molecule has 0 aliphatic carbocycles. The minimum Gasteiger partial charge on any atom is -0.266 e. The molecule has 0 heterocycles. The summed E-state index contributed by atoms with van der Waals surface area (Å²) >= 11 is 2.15. The van der Waals surface area contributed by atoms with Gasteiger partial charge in [-0.15, -0.1) is 0 Å². The minimum absolute atomic E-state index is 0.243. The van der Waals surface area contributed by atoms with E-state index in [0.29, 0.717) is 0 Å². The highest BCUT2D eigenvalue weighted by atomic mass is 127. The highest BCUT2D eigenvalue weighted by Crippen LogP contribution is 2.16. The Bertz CT molecular complexity index is 555. The molecule has 0 amide bonds. The van der Waals surface area contributed by atoms with Gasteiger partial charge < -0.3 is 0 Å². The number of unbranched alkanes of at least 4 members (excludes halogenated alkanes) is 12. The summed E-state index contributed by atoms with van der Waals surface area (Å²) in [6.07, 6.45) is 16.6. The molecule has 0 radical (unpaired) electrons. The first-order valence-electron chi connectivity index (χ1n) is 10.2. The van der Waals surface area contributed by atoms with E-state index in [1.54, 1.807) is 24.3 Å². The molecular formula is C21H35IO3S. The molecule has 0 aliphatic rings. The van der Waals surface area contributed by atoms with Crippen molar-refractivity contribution in [3.05, 3.63) is 27.8 Å². The van der Waals surface area contributed by atoms with Gasteiger partial charge in [-0.2, -0.15) is 8.42 Å². The Balaban J connectivity index is 1.94. The van der Waals surface area contributed by atoms with Gasteiger partial charge in [-0.25, -0.2) is 0 Å². The zero-order chi connectivity index (χ0) is 19.1. The molecule has 0 unspecified atom stereocenters. The fourth-order valence-electron chi connectivity index (χ4n) is 2.96. The van der Waals surface area contributed by atoms with Crippen LogP contribution in [-0.4, -0.2) is 15.0 Å². The van der Waals surface area contributed by atoms with Crippen molar-refractivity contribution in [2.75, 3.05) is 6.61 Å². The van der Waals surface area contributed by atoms with E-state index in [0.717, 1.165) is 16.4 Å². The summed E-state index contributed by atoms with van der Waals surface area (Å²) in [5.74, 6) is 0.